The normalized spacial score (nSPS) is 19.5. The SMILES string of the molecule is Cc1ccc(S(=O)N/N=C(/c2cccc(Br)n2)C2CC(OCc3ccccc3)C2)cc1. The Morgan fingerprint density at radius 3 is 2.55 bits per heavy atom. The van der Waals surface area contributed by atoms with E-state index in [1.807, 2.05) is 67.6 Å². The van der Waals surface area contributed by atoms with E-state index >= 15 is 0 Å². The van der Waals surface area contributed by atoms with Gasteiger partial charge in [0.05, 0.1) is 29.0 Å². The van der Waals surface area contributed by atoms with Crippen molar-refractivity contribution in [3.8, 4) is 0 Å². The third kappa shape index (κ3) is 5.87. The number of ether oxygens (including phenoxy) is 1. The minimum absolute atomic E-state index is 0.185. The second kappa shape index (κ2) is 10.3. The van der Waals surface area contributed by atoms with Gasteiger partial charge in [-0.25, -0.2) is 14.0 Å². The van der Waals surface area contributed by atoms with Crippen molar-refractivity contribution in [2.75, 3.05) is 0 Å². The Kier molecular flexibility index (Phi) is 7.27. The number of nitrogens with one attached hydrogen (secondary N) is 1. The highest BCUT2D eigenvalue weighted by atomic mass is 79.9. The summed E-state index contributed by atoms with van der Waals surface area (Å²) < 4.78 is 19.4. The monoisotopic (exact) mass is 497 g/mol. The third-order valence-corrected chi connectivity index (χ3v) is 6.67. The van der Waals surface area contributed by atoms with Crippen LogP contribution in [0.1, 0.15) is 29.7 Å². The molecule has 1 unspecified atom stereocenters. The lowest BCUT2D eigenvalue weighted by Gasteiger charge is -2.35. The second-order valence-corrected chi connectivity index (χ2v) is 9.61. The van der Waals surface area contributed by atoms with Crippen molar-refractivity contribution in [3.05, 3.63) is 94.2 Å². The molecule has 1 aliphatic carbocycles. The topological polar surface area (TPSA) is 63.6 Å². The van der Waals surface area contributed by atoms with Gasteiger partial charge in [0, 0.05) is 5.92 Å². The van der Waals surface area contributed by atoms with Gasteiger partial charge in [0.2, 0.25) is 0 Å². The lowest BCUT2D eigenvalue weighted by molar-refractivity contribution is -0.0238. The minimum atomic E-state index is -1.43. The molecule has 160 valence electrons. The molecule has 7 heteroatoms. The standard InChI is InChI=1S/C24H24BrN3O2S/c1-17-10-12-21(13-11-17)31(29)28-27-24(22-8-5-9-23(25)26-22)19-14-20(15-19)30-16-18-6-3-2-4-7-18/h2-13,19-20,28H,14-16H2,1H3/b27-24+. The Morgan fingerprint density at radius 2 is 1.84 bits per heavy atom. The van der Waals surface area contributed by atoms with Gasteiger partial charge in [-0.3, -0.25) is 0 Å². The third-order valence-electron chi connectivity index (χ3n) is 5.27. The summed E-state index contributed by atoms with van der Waals surface area (Å²) in [6.45, 7) is 2.61. The highest BCUT2D eigenvalue weighted by molar-refractivity contribution is 9.10. The van der Waals surface area contributed by atoms with Crippen LogP contribution in [0.2, 0.25) is 0 Å². The molecule has 0 radical (unpaired) electrons. The minimum Gasteiger partial charge on any atom is -0.373 e. The molecule has 5 nitrogen and oxygen atoms in total. The summed E-state index contributed by atoms with van der Waals surface area (Å²) in [4.78, 5) is 8.07. The molecule has 1 fully saturated rings. The van der Waals surface area contributed by atoms with E-state index in [2.05, 4.69) is 43.0 Å². The van der Waals surface area contributed by atoms with Crippen LogP contribution in [0.3, 0.4) is 0 Å². The molecule has 31 heavy (non-hydrogen) atoms. The van der Waals surface area contributed by atoms with Crippen molar-refractivity contribution in [1.82, 2.24) is 9.82 Å². The van der Waals surface area contributed by atoms with E-state index in [9.17, 15) is 4.21 Å². The first-order chi connectivity index (χ1) is 15.1. The number of hydrogen-bond acceptors (Lipinski definition) is 4. The highest BCUT2D eigenvalue weighted by Crippen LogP contribution is 2.34. The van der Waals surface area contributed by atoms with Crippen molar-refractivity contribution in [2.24, 2.45) is 11.0 Å². The molecule has 1 atom stereocenters. The number of rotatable bonds is 8. The summed E-state index contributed by atoms with van der Waals surface area (Å²) in [7, 11) is -1.43. The van der Waals surface area contributed by atoms with Crippen molar-refractivity contribution in [1.29, 1.82) is 0 Å². The van der Waals surface area contributed by atoms with Crippen LogP contribution in [-0.4, -0.2) is 21.0 Å². The van der Waals surface area contributed by atoms with Gasteiger partial charge >= 0.3 is 0 Å². The zero-order valence-corrected chi connectivity index (χ0v) is 19.6. The first-order valence-corrected chi connectivity index (χ1v) is 12.1. The van der Waals surface area contributed by atoms with E-state index in [0.29, 0.717) is 11.5 Å². The summed E-state index contributed by atoms with van der Waals surface area (Å²) in [6.07, 6.45) is 1.90. The maximum atomic E-state index is 12.6. The van der Waals surface area contributed by atoms with Crippen LogP contribution in [-0.2, 0) is 22.3 Å². The van der Waals surface area contributed by atoms with E-state index in [-0.39, 0.29) is 12.0 Å². The fraction of sp³-hybridized carbons (Fsp3) is 0.250. The predicted molar refractivity (Wildman–Crippen MR) is 127 cm³/mol. The molecule has 1 heterocycles. The number of nitrogens with zero attached hydrogens (tertiary/aromatic N) is 2. The van der Waals surface area contributed by atoms with Gasteiger partial charge in [-0.15, -0.1) is 0 Å². The van der Waals surface area contributed by atoms with Crippen LogP contribution < -0.4 is 4.83 Å². The zero-order valence-electron chi connectivity index (χ0n) is 17.2. The maximum Gasteiger partial charge on any atom is 0.166 e. The van der Waals surface area contributed by atoms with Gasteiger partial charge in [-0.1, -0.05) is 54.1 Å². The summed E-state index contributed by atoms with van der Waals surface area (Å²) in [6, 6.07) is 23.5. The van der Waals surface area contributed by atoms with Crippen LogP contribution in [0, 0.1) is 12.8 Å². The van der Waals surface area contributed by atoms with Gasteiger partial charge in [-0.2, -0.15) is 5.10 Å². The van der Waals surface area contributed by atoms with E-state index in [4.69, 9.17) is 4.74 Å². The molecule has 2 aromatic carbocycles. The number of halogens is 1. The van der Waals surface area contributed by atoms with Gasteiger partial charge in [0.25, 0.3) is 0 Å². The van der Waals surface area contributed by atoms with Crippen LogP contribution >= 0.6 is 15.9 Å². The van der Waals surface area contributed by atoms with Crippen LogP contribution in [0.5, 0.6) is 0 Å². The molecule has 1 saturated carbocycles. The molecular weight excluding hydrogens is 474 g/mol. The highest BCUT2D eigenvalue weighted by Gasteiger charge is 2.35. The van der Waals surface area contributed by atoms with E-state index in [1.54, 1.807) is 0 Å². The fourth-order valence-electron chi connectivity index (χ4n) is 3.43. The number of hydrogen-bond donors (Lipinski definition) is 1. The largest absolute Gasteiger partial charge is 0.373 e. The fourth-order valence-corrected chi connectivity index (χ4v) is 4.44. The molecule has 0 spiro atoms. The van der Waals surface area contributed by atoms with Crippen molar-refractivity contribution >= 4 is 32.6 Å². The van der Waals surface area contributed by atoms with Crippen LogP contribution in [0.4, 0.5) is 0 Å². The molecule has 3 aromatic rings. The molecule has 0 saturated heterocycles. The predicted octanol–water partition coefficient (Wildman–Crippen LogP) is 5.16. The van der Waals surface area contributed by atoms with Crippen LogP contribution in [0.15, 0.2) is 87.4 Å². The zero-order chi connectivity index (χ0) is 21.6. The summed E-state index contributed by atoms with van der Waals surface area (Å²) in [5.74, 6) is 0.199. The maximum absolute atomic E-state index is 12.6. The van der Waals surface area contributed by atoms with Gasteiger partial charge in [0.15, 0.2) is 11.0 Å². The van der Waals surface area contributed by atoms with E-state index in [1.165, 1.54) is 5.56 Å². The Morgan fingerprint density at radius 1 is 1.10 bits per heavy atom. The molecular formula is C24H24BrN3O2S. The number of pyridine rings is 1. The smallest absolute Gasteiger partial charge is 0.166 e. The molecule has 0 aliphatic heterocycles. The number of aromatic nitrogens is 1. The average Bonchev–Trinajstić information content (AvgIpc) is 2.75. The van der Waals surface area contributed by atoms with E-state index < -0.39 is 11.0 Å². The Bertz CT molecular complexity index is 1070. The Hall–Kier alpha value is -2.35. The first-order valence-electron chi connectivity index (χ1n) is 10.2. The van der Waals surface area contributed by atoms with Crippen molar-refractivity contribution in [3.63, 3.8) is 0 Å². The summed E-state index contributed by atoms with van der Waals surface area (Å²) in [5.41, 5.74) is 3.87. The quantitative estimate of drug-likeness (QED) is 0.265. The van der Waals surface area contributed by atoms with Gasteiger partial charge in [0.1, 0.15) is 4.60 Å². The molecule has 1 aromatic heterocycles. The Balaban J connectivity index is 1.43. The second-order valence-electron chi connectivity index (χ2n) is 7.60. The van der Waals surface area contributed by atoms with Gasteiger partial charge in [-0.05, 0) is 65.5 Å². The molecule has 1 aliphatic rings. The molecule has 0 amide bonds. The number of benzene rings is 2. The summed E-state index contributed by atoms with van der Waals surface area (Å²) >= 11 is 3.43. The molecule has 0 bridgehead atoms. The summed E-state index contributed by atoms with van der Waals surface area (Å²) in [5, 5.41) is 4.54. The lowest BCUT2D eigenvalue weighted by atomic mass is 9.78. The molecule has 4 rings (SSSR count). The lowest BCUT2D eigenvalue weighted by Crippen LogP contribution is -2.38. The average molecular weight is 498 g/mol. The van der Waals surface area contributed by atoms with Crippen molar-refractivity contribution < 1.29 is 8.95 Å². The van der Waals surface area contributed by atoms with Crippen LogP contribution in [0.25, 0.3) is 0 Å². The van der Waals surface area contributed by atoms with Crippen molar-refractivity contribution in [2.45, 2.75) is 37.4 Å². The Labute approximate surface area is 193 Å². The van der Waals surface area contributed by atoms with Gasteiger partial charge < -0.3 is 4.74 Å². The van der Waals surface area contributed by atoms with E-state index in [0.717, 1.165) is 34.4 Å². The number of hydrazone groups is 1. The molecule has 1 N–H and O–H groups in total. The first kappa shape index (κ1) is 21.9. The number of aryl methyl sites for hydroxylation is 1.